The summed E-state index contributed by atoms with van der Waals surface area (Å²) in [5, 5.41) is 0. The van der Waals surface area contributed by atoms with Gasteiger partial charge in [-0.2, -0.15) is 0 Å². The quantitative estimate of drug-likeness (QED) is 0.782. The molecule has 144 valence electrons. The number of hydrogen-bond acceptors (Lipinski definition) is 4. The molecule has 2 N–H and O–H groups in total. The number of hydrogen-bond donors (Lipinski definition) is 1. The molecule has 1 saturated carbocycles. The first kappa shape index (κ1) is 18.4. The molecule has 1 fully saturated rings. The lowest BCUT2D eigenvalue weighted by atomic mass is 9.94. The van der Waals surface area contributed by atoms with Crippen LogP contribution in [0.15, 0.2) is 42.5 Å². The zero-order valence-electron chi connectivity index (χ0n) is 16.1. The minimum atomic E-state index is -0.707. The van der Waals surface area contributed by atoms with Gasteiger partial charge in [0.15, 0.2) is 0 Å². The number of rotatable bonds is 6. The van der Waals surface area contributed by atoms with Gasteiger partial charge in [0.25, 0.3) is 11.8 Å². The molecule has 2 aromatic rings. The maximum Gasteiger partial charge on any atom is 0.262 e. The molecule has 1 aliphatic heterocycles. The summed E-state index contributed by atoms with van der Waals surface area (Å²) in [7, 11) is 4.14. The van der Waals surface area contributed by atoms with Crippen LogP contribution < -0.4 is 5.73 Å². The van der Waals surface area contributed by atoms with Crippen molar-refractivity contribution in [2.45, 2.75) is 24.8 Å². The molecule has 2 aliphatic rings. The van der Waals surface area contributed by atoms with Crippen LogP contribution in [0.4, 0.5) is 0 Å². The minimum Gasteiger partial charge on any atom is -0.366 e. The zero-order chi connectivity index (χ0) is 20.1. The van der Waals surface area contributed by atoms with Crippen LogP contribution in [0.2, 0.25) is 0 Å². The SMILES string of the molecule is CN(C)CC1(c2cccc(CN3C(=O)c4cccc(C(N)=O)c4C3=O)c2)CC1. The molecular weight excluding hydrogens is 354 g/mol. The summed E-state index contributed by atoms with van der Waals surface area (Å²) in [5.74, 6) is -1.56. The molecule has 0 atom stereocenters. The van der Waals surface area contributed by atoms with E-state index in [0.717, 1.165) is 24.9 Å². The lowest BCUT2D eigenvalue weighted by Crippen LogP contribution is -2.30. The minimum absolute atomic E-state index is 0.0926. The van der Waals surface area contributed by atoms with E-state index in [1.54, 1.807) is 12.1 Å². The lowest BCUT2D eigenvalue weighted by molar-refractivity contribution is 0.0640. The Balaban J connectivity index is 1.62. The molecule has 3 amide bonds. The second-order valence-electron chi connectivity index (χ2n) is 8.01. The first-order valence-electron chi connectivity index (χ1n) is 9.35. The monoisotopic (exact) mass is 377 g/mol. The van der Waals surface area contributed by atoms with Gasteiger partial charge in [-0.3, -0.25) is 19.3 Å². The molecule has 6 heteroatoms. The molecule has 0 bridgehead atoms. The highest BCUT2D eigenvalue weighted by Gasteiger charge is 2.44. The van der Waals surface area contributed by atoms with Crippen molar-refractivity contribution in [1.82, 2.24) is 9.80 Å². The van der Waals surface area contributed by atoms with E-state index in [0.29, 0.717) is 0 Å². The molecule has 0 saturated heterocycles. The Kier molecular flexibility index (Phi) is 4.31. The molecule has 1 aliphatic carbocycles. The molecular formula is C22H23N3O3. The summed E-state index contributed by atoms with van der Waals surface area (Å²) >= 11 is 0. The summed E-state index contributed by atoms with van der Waals surface area (Å²) in [6.45, 7) is 1.15. The van der Waals surface area contributed by atoms with Crippen molar-refractivity contribution in [3.8, 4) is 0 Å². The third kappa shape index (κ3) is 2.99. The standard InChI is InChI=1S/C22H23N3O3/c1-24(2)13-22(9-10-22)15-6-3-5-14(11-15)12-25-20(27)17-8-4-7-16(19(23)26)18(17)21(25)28/h3-8,11H,9-10,12-13H2,1-2H3,(H2,23,26). The smallest absolute Gasteiger partial charge is 0.262 e. The van der Waals surface area contributed by atoms with Gasteiger partial charge in [-0.05, 0) is 50.2 Å². The Morgan fingerprint density at radius 1 is 1.11 bits per heavy atom. The number of imide groups is 1. The van der Waals surface area contributed by atoms with Crippen LogP contribution in [0.5, 0.6) is 0 Å². The normalized spacial score (nSPS) is 17.2. The van der Waals surface area contributed by atoms with Gasteiger partial charge in [0.1, 0.15) is 0 Å². The third-order valence-corrected chi connectivity index (χ3v) is 5.62. The average molecular weight is 377 g/mol. The van der Waals surface area contributed by atoms with Crippen molar-refractivity contribution < 1.29 is 14.4 Å². The molecule has 4 rings (SSSR count). The Hall–Kier alpha value is -2.99. The van der Waals surface area contributed by atoms with Gasteiger partial charge in [0.05, 0.1) is 23.2 Å². The molecule has 6 nitrogen and oxygen atoms in total. The molecule has 0 aromatic heterocycles. The number of carbonyl (C=O) groups is 3. The van der Waals surface area contributed by atoms with E-state index in [1.807, 2.05) is 12.1 Å². The van der Waals surface area contributed by atoms with Crippen molar-refractivity contribution in [2.75, 3.05) is 20.6 Å². The van der Waals surface area contributed by atoms with Crippen molar-refractivity contribution in [2.24, 2.45) is 5.73 Å². The zero-order valence-corrected chi connectivity index (χ0v) is 16.1. The van der Waals surface area contributed by atoms with E-state index in [1.165, 1.54) is 16.5 Å². The molecule has 0 radical (unpaired) electrons. The maximum atomic E-state index is 12.9. The van der Waals surface area contributed by atoms with E-state index in [4.69, 9.17) is 5.73 Å². The Bertz CT molecular complexity index is 992. The van der Waals surface area contributed by atoms with Crippen LogP contribution in [-0.4, -0.2) is 48.2 Å². The fraction of sp³-hybridized carbons (Fsp3) is 0.318. The summed E-state index contributed by atoms with van der Waals surface area (Å²) in [4.78, 5) is 40.7. The Morgan fingerprint density at radius 2 is 1.82 bits per heavy atom. The number of nitrogens with zero attached hydrogens (tertiary/aromatic N) is 2. The second-order valence-corrected chi connectivity index (χ2v) is 8.01. The van der Waals surface area contributed by atoms with Crippen molar-refractivity contribution >= 4 is 17.7 Å². The van der Waals surface area contributed by atoms with Gasteiger partial charge in [-0.25, -0.2) is 0 Å². The predicted octanol–water partition coefficient (Wildman–Crippen LogP) is 2.17. The van der Waals surface area contributed by atoms with E-state index in [-0.39, 0.29) is 34.6 Å². The Morgan fingerprint density at radius 3 is 2.46 bits per heavy atom. The van der Waals surface area contributed by atoms with Crippen LogP contribution in [0, 0.1) is 0 Å². The molecule has 0 unspecified atom stereocenters. The van der Waals surface area contributed by atoms with Crippen LogP contribution >= 0.6 is 0 Å². The van der Waals surface area contributed by atoms with Crippen molar-refractivity contribution in [1.29, 1.82) is 0 Å². The molecule has 0 spiro atoms. The first-order valence-corrected chi connectivity index (χ1v) is 9.35. The summed E-state index contributed by atoms with van der Waals surface area (Å²) < 4.78 is 0. The topological polar surface area (TPSA) is 83.7 Å². The fourth-order valence-corrected chi connectivity index (χ4v) is 4.16. The van der Waals surface area contributed by atoms with Crippen LogP contribution in [0.25, 0.3) is 0 Å². The second kappa shape index (κ2) is 6.56. The van der Waals surface area contributed by atoms with E-state index >= 15 is 0 Å². The molecule has 2 aromatic carbocycles. The number of fused-ring (bicyclic) bond motifs is 1. The van der Waals surface area contributed by atoms with Crippen LogP contribution in [0.1, 0.15) is 55.0 Å². The lowest BCUT2D eigenvalue weighted by Gasteiger charge is -2.22. The number of amides is 3. The van der Waals surface area contributed by atoms with Crippen LogP contribution in [0.3, 0.4) is 0 Å². The van der Waals surface area contributed by atoms with E-state index < -0.39 is 11.8 Å². The maximum absolute atomic E-state index is 12.9. The van der Waals surface area contributed by atoms with Crippen LogP contribution in [-0.2, 0) is 12.0 Å². The predicted molar refractivity (Wildman–Crippen MR) is 105 cm³/mol. The number of likely N-dealkylation sites (N-methyl/N-ethyl adjacent to an activating group) is 1. The van der Waals surface area contributed by atoms with Gasteiger partial charge in [0, 0.05) is 12.0 Å². The molecule has 1 heterocycles. The largest absolute Gasteiger partial charge is 0.366 e. The van der Waals surface area contributed by atoms with E-state index in [9.17, 15) is 14.4 Å². The first-order chi connectivity index (χ1) is 13.3. The van der Waals surface area contributed by atoms with Gasteiger partial charge >= 0.3 is 0 Å². The molecule has 28 heavy (non-hydrogen) atoms. The summed E-state index contributed by atoms with van der Waals surface area (Å²) in [6.07, 6.45) is 2.28. The van der Waals surface area contributed by atoms with Gasteiger partial charge in [-0.1, -0.05) is 30.3 Å². The highest BCUT2D eigenvalue weighted by Crippen LogP contribution is 2.48. The summed E-state index contributed by atoms with van der Waals surface area (Å²) in [5.41, 5.74) is 8.14. The number of primary amides is 1. The third-order valence-electron chi connectivity index (χ3n) is 5.62. The van der Waals surface area contributed by atoms with Gasteiger partial charge in [0.2, 0.25) is 5.91 Å². The van der Waals surface area contributed by atoms with Gasteiger partial charge < -0.3 is 10.6 Å². The number of nitrogens with two attached hydrogens (primary N) is 1. The van der Waals surface area contributed by atoms with E-state index in [2.05, 4.69) is 31.1 Å². The highest BCUT2D eigenvalue weighted by molar-refractivity contribution is 6.24. The van der Waals surface area contributed by atoms with Gasteiger partial charge in [-0.15, -0.1) is 0 Å². The Labute approximate surface area is 163 Å². The van der Waals surface area contributed by atoms with Crippen molar-refractivity contribution in [3.63, 3.8) is 0 Å². The van der Waals surface area contributed by atoms with Crippen molar-refractivity contribution in [3.05, 3.63) is 70.3 Å². The average Bonchev–Trinajstić information content (AvgIpc) is 3.40. The fourth-order valence-electron chi connectivity index (χ4n) is 4.16. The summed E-state index contributed by atoms with van der Waals surface area (Å²) in [6, 6.07) is 12.7. The number of carbonyl (C=O) groups excluding carboxylic acids is 3. The highest BCUT2D eigenvalue weighted by atomic mass is 16.2. The number of benzene rings is 2.